The molecule has 8 nitrogen and oxygen atoms in total. The smallest absolute Gasteiger partial charge is 0.228 e. The Bertz CT molecular complexity index is 773. The zero-order chi connectivity index (χ0) is 15.0. The number of phenolic OH excluding ortho intramolecular Hbond substituents is 1. The molecule has 0 radical (unpaired) electrons. The van der Waals surface area contributed by atoms with Crippen LogP contribution in [0.4, 0.5) is 5.95 Å². The van der Waals surface area contributed by atoms with E-state index < -0.39 is 6.04 Å². The molecule has 1 aliphatic rings. The molecule has 0 bridgehead atoms. The third kappa shape index (κ3) is 1.92. The van der Waals surface area contributed by atoms with Crippen LogP contribution in [0.2, 0.25) is 0 Å². The summed E-state index contributed by atoms with van der Waals surface area (Å²) in [6, 6.07) is 6.45. The number of anilines is 1. The fourth-order valence-electron chi connectivity index (χ4n) is 2.24. The fourth-order valence-corrected chi connectivity index (χ4v) is 2.24. The van der Waals surface area contributed by atoms with Crippen molar-refractivity contribution < 1.29 is 9.84 Å². The molecule has 21 heavy (non-hydrogen) atoms. The minimum Gasteiger partial charge on any atom is -0.504 e. The highest BCUT2D eigenvalue weighted by molar-refractivity contribution is 5.65. The number of nitrogens with zero attached hydrogens (tertiary/aromatic N) is 4. The number of fused-ring (bicyclic) bond motifs is 1. The van der Waals surface area contributed by atoms with Gasteiger partial charge in [0.1, 0.15) is 18.2 Å². The van der Waals surface area contributed by atoms with E-state index in [1.165, 1.54) is 24.2 Å². The zero-order valence-electron chi connectivity index (χ0n) is 11.1. The van der Waals surface area contributed by atoms with Gasteiger partial charge in [-0.2, -0.15) is 20.0 Å². The molecule has 106 valence electrons. The summed E-state index contributed by atoms with van der Waals surface area (Å²) >= 11 is 0. The van der Waals surface area contributed by atoms with Crippen molar-refractivity contribution >= 4 is 11.8 Å². The molecule has 1 atom stereocenters. The summed E-state index contributed by atoms with van der Waals surface area (Å²) in [5.41, 5.74) is 6.93. The van der Waals surface area contributed by atoms with Crippen LogP contribution in [0.25, 0.3) is 5.82 Å². The van der Waals surface area contributed by atoms with Crippen molar-refractivity contribution in [1.82, 2.24) is 14.8 Å². The van der Waals surface area contributed by atoms with Crippen LogP contribution in [0.5, 0.6) is 11.5 Å². The van der Waals surface area contributed by atoms with E-state index in [9.17, 15) is 10.4 Å². The first-order chi connectivity index (χ1) is 10.2. The van der Waals surface area contributed by atoms with Crippen molar-refractivity contribution in [2.75, 3.05) is 12.4 Å². The molecule has 0 unspecified atom stereocenters. The van der Waals surface area contributed by atoms with Gasteiger partial charge in [0.25, 0.3) is 0 Å². The van der Waals surface area contributed by atoms with Gasteiger partial charge in [0, 0.05) is 0 Å². The van der Waals surface area contributed by atoms with E-state index in [2.05, 4.69) is 21.5 Å². The van der Waals surface area contributed by atoms with E-state index in [0.29, 0.717) is 22.8 Å². The lowest BCUT2D eigenvalue weighted by molar-refractivity contribution is 0.373. The number of aromatic nitrogens is 3. The Hall–Kier alpha value is -3.21. The highest BCUT2D eigenvalue weighted by atomic mass is 16.5. The summed E-state index contributed by atoms with van der Waals surface area (Å²) in [5.74, 6) is 0.990. The molecule has 1 aromatic carbocycles. The lowest BCUT2D eigenvalue weighted by Crippen LogP contribution is -2.27. The molecular formula is C13H12N6O2. The highest BCUT2D eigenvalue weighted by Crippen LogP contribution is 2.36. The maximum absolute atomic E-state index is 9.89. The Labute approximate surface area is 120 Å². The monoisotopic (exact) mass is 284 g/mol. The van der Waals surface area contributed by atoms with Gasteiger partial charge in [0.2, 0.25) is 5.95 Å². The molecular weight excluding hydrogens is 272 g/mol. The highest BCUT2D eigenvalue weighted by Gasteiger charge is 2.28. The molecule has 0 amide bonds. The maximum Gasteiger partial charge on any atom is 0.228 e. The predicted molar refractivity (Wildman–Crippen MR) is 74.1 cm³/mol. The Morgan fingerprint density at radius 1 is 1.52 bits per heavy atom. The number of aromatic hydroxyl groups is 1. The van der Waals surface area contributed by atoms with Crippen LogP contribution >= 0.6 is 0 Å². The number of rotatable bonds is 2. The standard InChI is InChI=1S/C13H12N6O2/c1-21-10-3-2-7(4-9(10)20)11-8(5-14)12(15)19-13(18-11)16-6-17-19/h2-4,6,11,20H,15H2,1H3,(H,16,17,18)/t11-/m0/s1. The van der Waals surface area contributed by atoms with Crippen LogP contribution in [0.15, 0.2) is 30.1 Å². The minimum absolute atomic E-state index is 0.0142. The van der Waals surface area contributed by atoms with Gasteiger partial charge < -0.3 is 20.9 Å². The van der Waals surface area contributed by atoms with Crippen molar-refractivity contribution in [3.05, 3.63) is 35.7 Å². The molecule has 3 rings (SSSR count). The number of phenols is 1. The van der Waals surface area contributed by atoms with Crippen LogP contribution in [-0.4, -0.2) is 27.0 Å². The lowest BCUT2D eigenvalue weighted by Gasteiger charge is -2.25. The first-order valence-corrected chi connectivity index (χ1v) is 6.09. The fraction of sp³-hybridized carbons (Fsp3) is 0.154. The van der Waals surface area contributed by atoms with E-state index in [-0.39, 0.29) is 11.6 Å². The first-order valence-electron chi connectivity index (χ1n) is 6.09. The molecule has 0 aliphatic carbocycles. The van der Waals surface area contributed by atoms with E-state index in [0.717, 1.165) is 0 Å². The van der Waals surface area contributed by atoms with Gasteiger partial charge in [-0.15, -0.1) is 0 Å². The summed E-state index contributed by atoms with van der Waals surface area (Å²) in [4.78, 5) is 4.04. The van der Waals surface area contributed by atoms with Crippen molar-refractivity contribution in [2.45, 2.75) is 6.04 Å². The Kier molecular flexibility index (Phi) is 2.88. The van der Waals surface area contributed by atoms with Crippen LogP contribution in [0.3, 0.4) is 0 Å². The molecule has 2 heterocycles. The van der Waals surface area contributed by atoms with Crippen LogP contribution in [0.1, 0.15) is 11.6 Å². The molecule has 0 spiro atoms. The molecule has 0 fully saturated rings. The quantitative estimate of drug-likeness (QED) is 0.745. The second kappa shape index (κ2) is 4.72. The van der Waals surface area contributed by atoms with Crippen LogP contribution in [-0.2, 0) is 0 Å². The average Bonchev–Trinajstić information content (AvgIpc) is 2.95. The zero-order valence-corrected chi connectivity index (χ0v) is 11.1. The van der Waals surface area contributed by atoms with Crippen molar-refractivity contribution in [3.63, 3.8) is 0 Å². The van der Waals surface area contributed by atoms with Gasteiger partial charge in [-0.05, 0) is 17.7 Å². The van der Waals surface area contributed by atoms with Gasteiger partial charge in [-0.3, -0.25) is 0 Å². The number of methoxy groups -OCH3 is 1. The summed E-state index contributed by atoms with van der Waals surface area (Å²) in [6.07, 6.45) is 1.35. The van der Waals surface area contributed by atoms with Crippen LogP contribution in [0, 0.1) is 11.3 Å². The number of nitriles is 1. The third-order valence-electron chi connectivity index (χ3n) is 3.27. The van der Waals surface area contributed by atoms with E-state index in [1.54, 1.807) is 12.1 Å². The maximum atomic E-state index is 9.89. The van der Waals surface area contributed by atoms with Gasteiger partial charge in [-0.25, -0.2) is 0 Å². The first kappa shape index (κ1) is 12.8. The molecule has 2 aromatic rings. The molecule has 8 heteroatoms. The SMILES string of the molecule is COc1ccc([C@@H]2Nc3ncnn3C(N)=C2C#N)cc1O. The van der Waals surface area contributed by atoms with Gasteiger partial charge >= 0.3 is 0 Å². The van der Waals surface area contributed by atoms with E-state index in [4.69, 9.17) is 10.5 Å². The predicted octanol–water partition coefficient (Wildman–Crippen LogP) is 0.810. The number of hydrogen-bond donors (Lipinski definition) is 3. The number of benzene rings is 1. The summed E-state index contributed by atoms with van der Waals surface area (Å²) in [6.45, 7) is 0. The van der Waals surface area contributed by atoms with Gasteiger partial charge in [0.05, 0.1) is 18.7 Å². The topological polar surface area (TPSA) is 122 Å². The minimum atomic E-state index is -0.511. The average molecular weight is 284 g/mol. The number of hydrogen-bond acceptors (Lipinski definition) is 7. The number of ether oxygens (including phenoxy) is 1. The second-order valence-electron chi connectivity index (χ2n) is 4.41. The lowest BCUT2D eigenvalue weighted by atomic mass is 9.98. The largest absolute Gasteiger partial charge is 0.504 e. The van der Waals surface area contributed by atoms with Gasteiger partial charge in [0.15, 0.2) is 11.5 Å². The Morgan fingerprint density at radius 2 is 2.33 bits per heavy atom. The Balaban J connectivity index is 2.09. The summed E-state index contributed by atoms with van der Waals surface area (Å²) in [7, 11) is 1.47. The molecule has 0 saturated heterocycles. The van der Waals surface area contributed by atoms with Crippen LogP contribution < -0.4 is 15.8 Å². The van der Waals surface area contributed by atoms with E-state index in [1.807, 2.05) is 0 Å². The molecule has 4 N–H and O–H groups in total. The van der Waals surface area contributed by atoms with Crippen molar-refractivity contribution in [1.29, 1.82) is 5.26 Å². The summed E-state index contributed by atoms with van der Waals surface area (Å²) in [5, 5.41) is 26.3. The van der Waals surface area contributed by atoms with Gasteiger partial charge in [-0.1, -0.05) is 6.07 Å². The molecule has 1 aliphatic heterocycles. The van der Waals surface area contributed by atoms with Crippen molar-refractivity contribution in [2.24, 2.45) is 5.73 Å². The number of nitrogens with two attached hydrogens (primary N) is 1. The summed E-state index contributed by atoms with van der Waals surface area (Å²) < 4.78 is 6.37. The van der Waals surface area contributed by atoms with Crippen molar-refractivity contribution in [3.8, 4) is 17.6 Å². The third-order valence-corrected chi connectivity index (χ3v) is 3.27. The molecule has 0 saturated carbocycles. The second-order valence-corrected chi connectivity index (χ2v) is 4.41. The number of nitrogens with one attached hydrogen (secondary N) is 1. The Morgan fingerprint density at radius 3 is 3.00 bits per heavy atom. The molecule has 1 aromatic heterocycles. The normalized spacial score (nSPS) is 16.9. The van der Waals surface area contributed by atoms with E-state index >= 15 is 0 Å².